The summed E-state index contributed by atoms with van der Waals surface area (Å²) in [5.41, 5.74) is -0.362. The number of likely N-dealkylation sites (N-methyl/N-ethyl adjacent to an activating group) is 1. The van der Waals surface area contributed by atoms with Crippen molar-refractivity contribution < 1.29 is 19.1 Å². The Morgan fingerprint density at radius 1 is 1.23 bits per heavy atom. The van der Waals surface area contributed by atoms with Gasteiger partial charge in [0.05, 0.1) is 0 Å². The van der Waals surface area contributed by atoms with Crippen LogP contribution in [0.1, 0.15) is 31.2 Å². The van der Waals surface area contributed by atoms with E-state index in [0.29, 0.717) is 19.4 Å². The molecule has 0 saturated carbocycles. The van der Waals surface area contributed by atoms with Crippen LogP contribution in [0.2, 0.25) is 0 Å². The van der Waals surface area contributed by atoms with E-state index in [2.05, 4.69) is 10.6 Å². The van der Waals surface area contributed by atoms with Crippen LogP contribution in [0.15, 0.2) is 24.3 Å². The number of benzene rings is 1. The topological polar surface area (TPSA) is 81.7 Å². The number of halogens is 1. The van der Waals surface area contributed by atoms with Crippen molar-refractivity contribution in [2.45, 2.75) is 31.2 Å². The van der Waals surface area contributed by atoms with Crippen LogP contribution in [0.25, 0.3) is 0 Å². The molecule has 3 rings (SSSR count). The fourth-order valence-electron chi connectivity index (χ4n) is 4.49. The summed E-state index contributed by atoms with van der Waals surface area (Å²) in [7, 11) is 0. The van der Waals surface area contributed by atoms with Gasteiger partial charge in [0.2, 0.25) is 0 Å². The van der Waals surface area contributed by atoms with E-state index in [9.17, 15) is 19.1 Å². The highest BCUT2D eigenvalue weighted by Gasteiger charge is 2.56. The lowest BCUT2D eigenvalue weighted by Gasteiger charge is -2.44. The number of rotatable bonds is 5. The van der Waals surface area contributed by atoms with Gasteiger partial charge in [0.15, 0.2) is 5.78 Å². The smallest absolute Gasteiger partial charge is 0.408 e. The van der Waals surface area contributed by atoms with E-state index in [4.69, 9.17) is 0 Å². The predicted molar refractivity (Wildman–Crippen MR) is 95.7 cm³/mol. The predicted octanol–water partition coefficient (Wildman–Crippen LogP) is 1.82. The first-order chi connectivity index (χ1) is 12.5. The number of nitrogens with one attached hydrogen (secondary N) is 2. The summed E-state index contributed by atoms with van der Waals surface area (Å²) < 4.78 is 13.4. The summed E-state index contributed by atoms with van der Waals surface area (Å²) >= 11 is 0. The molecule has 2 saturated heterocycles. The second kappa shape index (κ2) is 7.72. The summed E-state index contributed by atoms with van der Waals surface area (Å²) in [6, 6.07) is 6.05. The molecule has 0 aromatic heterocycles. The summed E-state index contributed by atoms with van der Waals surface area (Å²) in [5, 5.41) is 16.3. The third-order valence-corrected chi connectivity index (χ3v) is 5.76. The van der Waals surface area contributed by atoms with Crippen molar-refractivity contribution in [1.82, 2.24) is 15.5 Å². The molecule has 2 atom stereocenters. The van der Waals surface area contributed by atoms with E-state index >= 15 is 0 Å². The van der Waals surface area contributed by atoms with Gasteiger partial charge in [-0.25, -0.2) is 9.18 Å². The van der Waals surface area contributed by atoms with Crippen molar-refractivity contribution in [2.24, 2.45) is 5.92 Å². The Morgan fingerprint density at radius 3 is 2.46 bits per heavy atom. The minimum atomic E-state index is -1.15. The zero-order valence-corrected chi connectivity index (χ0v) is 15.0. The first-order valence-electron chi connectivity index (χ1n) is 9.22. The molecule has 7 heteroatoms. The molecule has 2 fully saturated rings. The van der Waals surface area contributed by atoms with E-state index in [1.54, 1.807) is 19.1 Å². The molecule has 2 aliphatic heterocycles. The van der Waals surface area contributed by atoms with Gasteiger partial charge in [-0.3, -0.25) is 9.69 Å². The van der Waals surface area contributed by atoms with E-state index in [-0.39, 0.29) is 36.5 Å². The lowest BCUT2D eigenvalue weighted by atomic mass is 9.72. The molecule has 0 radical (unpaired) electrons. The second-order valence-corrected chi connectivity index (χ2v) is 7.07. The van der Waals surface area contributed by atoms with Gasteiger partial charge in [-0.1, -0.05) is 12.1 Å². The highest BCUT2D eigenvalue weighted by atomic mass is 19.1. The van der Waals surface area contributed by atoms with Crippen LogP contribution in [0, 0.1) is 11.7 Å². The maximum Gasteiger partial charge on any atom is 0.408 e. The first-order valence-corrected chi connectivity index (χ1v) is 9.22. The number of piperidine rings is 1. The van der Waals surface area contributed by atoms with Gasteiger partial charge < -0.3 is 15.7 Å². The average Bonchev–Trinajstić information content (AvgIpc) is 3.08. The van der Waals surface area contributed by atoms with Gasteiger partial charge in [0, 0.05) is 31.5 Å². The first kappa shape index (κ1) is 18.8. The Labute approximate surface area is 152 Å². The minimum absolute atomic E-state index is 0.0115. The molecular formula is C19H26FN3O3. The molecule has 0 bridgehead atoms. The van der Waals surface area contributed by atoms with Crippen molar-refractivity contribution in [2.75, 3.05) is 32.7 Å². The molecule has 2 aliphatic rings. The Balaban J connectivity index is 2.05. The molecular weight excluding hydrogens is 337 g/mol. The van der Waals surface area contributed by atoms with Crippen molar-refractivity contribution in [3.8, 4) is 0 Å². The van der Waals surface area contributed by atoms with Crippen molar-refractivity contribution in [1.29, 1.82) is 0 Å². The molecule has 1 aromatic rings. The van der Waals surface area contributed by atoms with Crippen LogP contribution < -0.4 is 10.6 Å². The van der Waals surface area contributed by atoms with Gasteiger partial charge in [-0.15, -0.1) is 0 Å². The number of carbonyl (C=O) groups is 2. The van der Waals surface area contributed by atoms with Crippen LogP contribution in [0.4, 0.5) is 9.18 Å². The normalized spacial score (nSPS) is 26.6. The molecule has 0 unspecified atom stereocenters. The number of hydrogen-bond donors (Lipinski definition) is 3. The molecule has 0 aliphatic carbocycles. The van der Waals surface area contributed by atoms with Gasteiger partial charge in [0.25, 0.3) is 0 Å². The third kappa shape index (κ3) is 3.21. The number of Topliss-reactive ketones (excluding diaryl/α,β-unsaturated/α-hetero) is 1. The zero-order valence-electron chi connectivity index (χ0n) is 15.0. The average molecular weight is 363 g/mol. The van der Waals surface area contributed by atoms with Crippen LogP contribution >= 0.6 is 0 Å². The standard InChI is InChI=1S/C19H26FN3O3/c1-2-23(18(25)26)19(17(24)14-7-9-21-10-8-14)12-22-11-16(19)13-3-5-15(20)6-4-13/h3-6,14,16,21-22H,2,7-12H2,1H3,(H,25,26)/t16-,19+/m0/s1. The Morgan fingerprint density at radius 2 is 1.88 bits per heavy atom. The highest BCUT2D eigenvalue weighted by molar-refractivity contribution is 5.95. The lowest BCUT2D eigenvalue weighted by molar-refractivity contribution is -0.135. The number of carboxylic acid groups (broad SMARTS) is 1. The fraction of sp³-hybridized carbons (Fsp3) is 0.579. The monoisotopic (exact) mass is 363 g/mol. The van der Waals surface area contributed by atoms with Crippen LogP contribution in [-0.2, 0) is 4.79 Å². The Hall–Kier alpha value is -1.99. The number of amides is 1. The second-order valence-electron chi connectivity index (χ2n) is 7.07. The molecule has 26 heavy (non-hydrogen) atoms. The summed E-state index contributed by atoms with van der Waals surface area (Å²) in [6.45, 7) is 4.29. The summed E-state index contributed by atoms with van der Waals surface area (Å²) in [6.07, 6.45) is 0.340. The number of carbonyl (C=O) groups excluding carboxylic acids is 1. The SMILES string of the molecule is CCN(C(=O)O)[C@]1(C(=O)C2CCNCC2)CNC[C@H]1c1ccc(F)cc1. The lowest BCUT2D eigenvalue weighted by Crippen LogP contribution is -2.63. The van der Waals surface area contributed by atoms with E-state index in [0.717, 1.165) is 18.7 Å². The van der Waals surface area contributed by atoms with Crippen molar-refractivity contribution >= 4 is 11.9 Å². The minimum Gasteiger partial charge on any atom is -0.465 e. The van der Waals surface area contributed by atoms with E-state index < -0.39 is 11.6 Å². The van der Waals surface area contributed by atoms with Gasteiger partial charge in [-0.05, 0) is 50.6 Å². The largest absolute Gasteiger partial charge is 0.465 e. The Kier molecular flexibility index (Phi) is 5.58. The molecule has 142 valence electrons. The van der Waals surface area contributed by atoms with Crippen LogP contribution in [-0.4, -0.2) is 60.1 Å². The molecule has 2 heterocycles. The van der Waals surface area contributed by atoms with Crippen molar-refractivity contribution in [3.05, 3.63) is 35.6 Å². The quantitative estimate of drug-likeness (QED) is 0.743. The number of nitrogens with zero attached hydrogens (tertiary/aromatic N) is 1. The molecule has 3 N–H and O–H groups in total. The maximum absolute atomic E-state index is 13.6. The van der Waals surface area contributed by atoms with Gasteiger partial charge in [-0.2, -0.15) is 0 Å². The fourth-order valence-corrected chi connectivity index (χ4v) is 4.49. The van der Waals surface area contributed by atoms with E-state index in [1.807, 2.05) is 0 Å². The number of ketones is 1. The van der Waals surface area contributed by atoms with E-state index in [1.165, 1.54) is 17.0 Å². The molecule has 6 nitrogen and oxygen atoms in total. The summed E-state index contributed by atoms with van der Waals surface area (Å²) in [4.78, 5) is 26.9. The third-order valence-electron chi connectivity index (χ3n) is 5.76. The molecule has 0 spiro atoms. The molecule has 1 amide bonds. The Bertz CT molecular complexity index is 660. The maximum atomic E-state index is 13.6. The summed E-state index contributed by atoms with van der Waals surface area (Å²) in [5.74, 6) is -0.850. The number of hydrogen-bond acceptors (Lipinski definition) is 4. The van der Waals surface area contributed by atoms with Crippen LogP contribution in [0.3, 0.4) is 0 Å². The van der Waals surface area contributed by atoms with Crippen molar-refractivity contribution in [3.63, 3.8) is 0 Å². The van der Waals surface area contributed by atoms with Gasteiger partial charge in [0.1, 0.15) is 11.4 Å². The molecule has 1 aromatic carbocycles. The highest BCUT2D eigenvalue weighted by Crippen LogP contribution is 2.40. The van der Waals surface area contributed by atoms with Gasteiger partial charge >= 0.3 is 6.09 Å². The van der Waals surface area contributed by atoms with Crippen LogP contribution in [0.5, 0.6) is 0 Å². The zero-order chi connectivity index (χ0) is 18.7.